The largest absolute Gasteiger partial charge is 0.356 e. The first-order valence-corrected chi connectivity index (χ1v) is 5.70. The smallest absolute Gasteiger partial charge is 0.316 e. The first-order valence-electron chi connectivity index (χ1n) is 4.07. The molecule has 0 spiro atoms. The Kier molecular flexibility index (Phi) is 7.63. The Hall–Kier alpha value is 0.226. The summed E-state index contributed by atoms with van der Waals surface area (Å²) in [4.78, 5) is 2.08. The molecule has 0 unspecified atom stereocenters. The second-order valence-corrected chi connectivity index (χ2v) is 4.25. The maximum atomic E-state index is 5.17. The van der Waals surface area contributed by atoms with E-state index in [2.05, 4.69) is 17.0 Å². The van der Waals surface area contributed by atoms with Crippen LogP contribution in [0.25, 0.3) is 0 Å². The fourth-order valence-corrected chi connectivity index (χ4v) is 1.52. The standard InChI is InChI=1S/C10H13NS2.Mg.2H/c1-11(10(12)13-2)8-9-6-4-3-5-7-9;;;/h3-7H,8H2,1-2H3;;;. The fourth-order valence-electron chi connectivity index (χ4n) is 1.08. The number of benzene rings is 1. The van der Waals surface area contributed by atoms with E-state index in [-0.39, 0.29) is 23.1 Å². The monoisotopic (exact) mass is 237 g/mol. The van der Waals surface area contributed by atoms with Gasteiger partial charge < -0.3 is 4.90 Å². The van der Waals surface area contributed by atoms with Gasteiger partial charge in [-0.3, -0.25) is 0 Å². The summed E-state index contributed by atoms with van der Waals surface area (Å²) < 4.78 is 0.934. The van der Waals surface area contributed by atoms with Gasteiger partial charge in [0.25, 0.3) is 0 Å². The van der Waals surface area contributed by atoms with Gasteiger partial charge in [0.1, 0.15) is 4.32 Å². The quantitative estimate of drug-likeness (QED) is 0.571. The Balaban J connectivity index is 0.00000169. The first-order chi connectivity index (χ1) is 6.24. The zero-order valence-electron chi connectivity index (χ0n) is 7.86. The van der Waals surface area contributed by atoms with Crippen LogP contribution in [0.4, 0.5) is 0 Å². The number of nitrogens with zero attached hydrogens (tertiary/aromatic N) is 1. The van der Waals surface area contributed by atoms with E-state index in [1.165, 1.54) is 5.56 Å². The SMILES string of the molecule is CSC(=S)N(C)Cc1ccccc1.[MgH2]. The lowest BCUT2D eigenvalue weighted by Crippen LogP contribution is -2.21. The van der Waals surface area contributed by atoms with Crippen molar-refractivity contribution >= 4 is 51.4 Å². The predicted molar refractivity (Wildman–Crippen MR) is 72.6 cm³/mol. The summed E-state index contributed by atoms with van der Waals surface area (Å²) in [6.07, 6.45) is 2.00. The van der Waals surface area contributed by atoms with E-state index in [1.54, 1.807) is 11.8 Å². The Labute approximate surface area is 111 Å². The van der Waals surface area contributed by atoms with Crippen molar-refractivity contribution in [3.05, 3.63) is 35.9 Å². The normalized spacial score (nSPS) is 9.00. The lowest BCUT2D eigenvalue weighted by molar-refractivity contribution is 0.519. The average Bonchev–Trinajstić information content (AvgIpc) is 2.18. The van der Waals surface area contributed by atoms with Crippen LogP contribution in [-0.2, 0) is 6.54 Å². The van der Waals surface area contributed by atoms with Crippen LogP contribution < -0.4 is 0 Å². The molecule has 1 aromatic rings. The molecule has 0 N–H and O–H groups in total. The van der Waals surface area contributed by atoms with Gasteiger partial charge in [0.05, 0.1) is 0 Å². The third kappa shape index (κ3) is 4.64. The third-order valence-corrected chi connectivity index (χ3v) is 3.22. The summed E-state index contributed by atoms with van der Waals surface area (Å²) in [6, 6.07) is 10.3. The number of thioether (sulfide) groups is 1. The van der Waals surface area contributed by atoms with Crippen molar-refractivity contribution in [1.82, 2.24) is 4.90 Å². The molecule has 1 nitrogen and oxygen atoms in total. The molecule has 0 aliphatic carbocycles. The summed E-state index contributed by atoms with van der Waals surface area (Å²) in [5, 5.41) is 0. The molecule has 0 radical (unpaired) electrons. The van der Waals surface area contributed by atoms with Crippen molar-refractivity contribution in [1.29, 1.82) is 0 Å². The molecule has 0 aliphatic rings. The molecule has 0 saturated carbocycles. The lowest BCUT2D eigenvalue weighted by atomic mass is 10.2. The molecule has 0 saturated heterocycles. The molecule has 4 heteroatoms. The van der Waals surface area contributed by atoms with E-state index in [0.29, 0.717) is 0 Å². The van der Waals surface area contributed by atoms with Crippen LogP contribution in [0.5, 0.6) is 0 Å². The number of hydrogen-bond acceptors (Lipinski definition) is 2. The maximum absolute atomic E-state index is 5.17. The molecule has 14 heavy (non-hydrogen) atoms. The predicted octanol–water partition coefficient (Wildman–Crippen LogP) is 1.85. The van der Waals surface area contributed by atoms with Crippen molar-refractivity contribution < 1.29 is 0 Å². The number of rotatable bonds is 2. The summed E-state index contributed by atoms with van der Waals surface area (Å²) in [7, 11) is 2.02. The molecular formula is C10H15MgNS2. The van der Waals surface area contributed by atoms with Gasteiger partial charge in [-0.05, 0) is 11.8 Å². The highest BCUT2D eigenvalue weighted by Gasteiger charge is 2.02. The zero-order valence-corrected chi connectivity index (χ0v) is 9.49. The van der Waals surface area contributed by atoms with Gasteiger partial charge in [0.15, 0.2) is 0 Å². The van der Waals surface area contributed by atoms with E-state index >= 15 is 0 Å². The maximum Gasteiger partial charge on any atom is 0.316 e. The van der Waals surface area contributed by atoms with Crippen molar-refractivity contribution in [2.24, 2.45) is 0 Å². The highest BCUT2D eigenvalue weighted by atomic mass is 32.2. The number of hydrogen-bond donors (Lipinski definition) is 0. The third-order valence-electron chi connectivity index (χ3n) is 1.75. The molecule has 74 valence electrons. The van der Waals surface area contributed by atoms with Gasteiger partial charge in [-0.25, -0.2) is 0 Å². The van der Waals surface area contributed by atoms with Crippen molar-refractivity contribution in [3.8, 4) is 0 Å². The second-order valence-electron chi connectivity index (χ2n) is 2.81. The molecule has 0 amide bonds. The minimum absolute atomic E-state index is 0. The van der Waals surface area contributed by atoms with Crippen LogP contribution >= 0.6 is 24.0 Å². The molecule has 0 aromatic heterocycles. The molecule has 0 atom stereocenters. The van der Waals surface area contributed by atoms with Crippen molar-refractivity contribution in [3.63, 3.8) is 0 Å². The van der Waals surface area contributed by atoms with Crippen molar-refractivity contribution in [2.75, 3.05) is 13.3 Å². The van der Waals surface area contributed by atoms with Crippen LogP contribution in [0.15, 0.2) is 30.3 Å². The zero-order chi connectivity index (χ0) is 9.68. The molecule has 0 heterocycles. The molecular weight excluding hydrogens is 223 g/mol. The van der Waals surface area contributed by atoms with Crippen LogP contribution in [0, 0.1) is 0 Å². The second kappa shape index (κ2) is 7.51. The Bertz CT molecular complexity index is 277. The van der Waals surface area contributed by atoms with Crippen LogP contribution in [0.3, 0.4) is 0 Å². The van der Waals surface area contributed by atoms with Crippen LogP contribution in [0.2, 0.25) is 0 Å². The van der Waals surface area contributed by atoms with Gasteiger partial charge in [-0.1, -0.05) is 42.5 Å². The minimum Gasteiger partial charge on any atom is -0.356 e. The lowest BCUT2D eigenvalue weighted by Gasteiger charge is -2.18. The van der Waals surface area contributed by atoms with E-state index < -0.39 is 0 Å². The van der Waals surface area contributed by atoms with Gasteiger partial charge in [-0.15, -0.1) is 11.8 Å². The highest BCUT2D eigenvalue weighted by Crippen LogP contribution is 2.08. The van der Waals surface area contributed by atoms with Crippen LogP contribution in [0.1, 0.15) is 5.56 Å². The van der Waals surface area contributed by atoms with E-state index in [9.17, 15) is 0 Å². The Morgan fingerprint density at radius 3 is 2.43 bits per heavy atom. The van der Waals surface area contributed by atoms with E-state index in [1.807, 2.05) is 31.5 Å². The van der Waals surface area contributed by atoms with E-state index in [4.69, 9.17) is 12.2 Å². The molecule has 0 bridgehead atoms. The van der Waals surface area contributed by atoms with Gasteiger partial charge in [0, 0.05) is 13.6 Å². The van der Waals surface area contributed by atoms with Crippen LogP contribution in [-0.4, -0.2) is 45.6 Å². The molecule has 1 rings (SSSR count). The summed E-state index contributed by atoms with van der Waals surface area (Å²) in [5.41, 5.74) is 1.29. The summed E-state index contributed by atoms with van der Waals surface area (Å²) in [5.74, 6) is 0. The molecule has 0 fully saturated rings. The molecule has 1 aromatic carbocycles. The fraction of sp³-hybridized carbons (Fsp3) is 0.300. The minimum atomic E-state index is 0. The average molecular weight is 238 g/mol. The van der Waals surface area contributed by atoms with Gasteiger partial charge in [-0.2, -0.15) is 0 Å². The number of thiocarbonyl (C=S) groups is 1. The molecule has 0 aliphatic heterocycles. The summed E-state index contributed by atoms with van der Waals surface area (Å²) >= 11 is 6.78. The van der Waals surface area contributed by atoms with Crippen molar-refractivity contribution in [2.45, 2.75) is 6.54 Å². The van der Waals surface area contributed by atoms with E-state index in [0.717, 1.165) is 10.9 Å². The summed E-state index contributed by atoms with van der Waals surface area (Å²) in [6.45, 7) is 0.889. The van der Waals surface area contributed by atoms with Gasteiger partial charge >= 0.3 is 23.1 Å². The van der Waals surface area contributed by atoms with Gasteiger partial charge in [0.2, 0.25) is 0 Å². The Morgan fingerprint density at radius 2 is 1.93 bits per heavy atom. The highest BCUT2D eigenvalue weighted by molar-refractivity contribution is 8.22. The topological polar surface area (TPSA) is 3.24 Å². The Morgan fingerprint density at radius 1 is 1.36 bits per heavy atom. The first kappa shape index (κ1) is 14.2.